The third kappa shape index (κ3) is 8.03. The van der Waals surface area contributed by atoms with E-state index in [1.165, 1.54) is 6.39 Å². The SMILES string of the molecule is CC(=O)N1CC(Nc2cc(C(=O)NC[C@@H](O)CCc3ccc(OCc4ocnc4C)cc3CN)nc(N3CCCCC3)n2)C1. The van der Waals surface area contributed by atoms with E-state index in [-0.39, 0.29) is 36.7 Å². The summed E-state index contributed by atoms with van der Waals surface area (Å²) in [7, 11) is 0. The fraction of sp³-hybridized carbons (Fsp3) is 0.516. The number of hydrogen-bond donors (Lipinski definition) is 4. The summed E-state index contributed by atoms with van der Waals surface area (Å²) < 4.78 is 11.2. The molecule has 5 N–H and O–H groups in total. The van der Waals surface area contributed by atoms with Gasteiger partial charge < -0.3 is 40.4 Å². The Morgan fingerprint density at radius 3 is 2.66 bits per heavy atom. The van der Waals surface area contributed by atoms with Crippen LogP contribution in [-0.4, -0.2) is 81.6 Å². The highest BCUT2D eigenvalue weighted by molar-refractivity contribution is 5.93. The Balaban J connectivity index is 1.15. The first-order chi connectivity index (χ1) is 21.3. The standard InChI is InChI=1S/C31H42N8O5/c1-20-28(44-19-34-20)18-43-26-9-7-22(23(12-26)14-32)6-8-25(41)15-33-30(42)27-13-29(35-24-16-39(17-24)21(2)40)37-31(36-27)38-10-4-3-5-11-38/h7,9,12-13,19,24-25,41H,3-6,8,10-11,14-18,32H2,1-2H3,(H,33,42)(H,35,36,37)/t25-/m0/s1. The maximum absolute atomic E-state index is 13.2. The summed E-state index contributed by atoms with van der Waals surface area (Å²) in [6, 6.07) is 7.42. The molecule has 2 saturated heterocycles. The van der Waals surface area contributed by atoms with Gasteiger partial charge in [0.05, 0.1) is 17.8 Å². The lowest BCUT2D eigenvalue weighted by Gasteiger charge is -2.39. The van der Waals surface area contributed by atoms with Gasteiger partial charge in [-0.1, -0.05) is 6.07 Å². The van der Waals surface area contributed by atoms with Crippen molar-refractivity contribution < 1.29 is 23.8 Å². The van der Waals surface area contributed by atoms with Crippen molar-refractivity contribution in [2.75, 3.05) is 42.9 Å². The van der Waals surface area contributed by atoms with Crippen LogP contribution < -0.4 is 26.0 Å². The number of ether oxygens (including phenoxy) is 1. The fourth-order valence-corrected chi connectivity index (χ4v) is 5.36. The molecule has 0 bridgehead atoms. The molecule has 0 aliphatic carbocycles. The van der Waals surface area contributed by atoms with Crippen LogP contribution in [0.1, 0.15) is 65.7 Å². The number of benzene rings is 1. The van der Waals surface area contributed by atoms with Crippen LogP contribution in [0.25, 0.3) is 0 Å². The topological polar surface area (TPSA) is 172 Å². The van der Waals surface area contributed by atoms with Crippen LogP contribution in [0.2, 0.25) is 0 Å². The minimum atomic E-state index is -0.761. The van der Waals surface area contributed by atoms with E-state index in [9.17, 15) is 14.7 Å². The number of amides is 2. The Labute approximate surface area is 257 Å². The monoisotopic (exact) mass is 606 g/mol. The van der Waals surface area contributed by atoms with Crippen molar-refractivity contribution in [2.24, 2.45) is 5.73 Å². The second-order valence-corrected chi connectivity index (χ2v) is 11.4. The van der Waals surface area contributed by atoms with Crippen LogP contribution in [-0.2, 0) is 24.4 Å². The number of aromatic nitrogens is 3. The van der Waals surface area contributed by atoms with Crippen molar-refractivity contribution in [1.82, 2.24) is 25.2 Å². The highest BCUT2D eigenvalue weighted by Crippen LogP contribution is 2.23. The Morgan fingerprint density at radius 2 is 1.95 bits per heavy atom. The summed E-state index contributed by atoms with van der Waals surface area (Å²) in [5.74, 6) is 2.08. The number of aryl methyl sites for hydroxylation is 2. The molecule has 2 aliphatic rings. The molecule has 236 valence electrons. The number of nitrogens with two attached hydrogens (primary N) is 1. The van der Waals surface area contributed by atoms with Crippen molar-refractivity contribution >= 4 is 23.6 Å². The smallest absolute Gasteiger partial charge is 0.270 e. The van der Waals surface area contributed by atoms with E-state index >= 15 is 0 Å². The first kappa shape index (κ1) is 31.2. The van der Waals surface area contributed by atoms with E-state index in [0.29, 0.717) is 55.8 Å². The zero-order chi connectivity index (χ0) is 31.1. The van der Waals surface area contributed by atoms with Gasteiger partial charge in [-0.15, -0.1) is 0 Å². The summed E-state index contributed by atoms with van der Waals surface area (Å²) in [6.07, 6.45) is 4.93. The number of nitrogens with one attached hydrogen (secondary N) is 2. The number of carbonyl (C=O) groups is 2. The molecule has 4 heterocycles. The van der Waals surface area contributed by atoms with Gasteiger partial charge in [0.15, 0.2) is 12.2 Å². The molecule has 13 heteroatoms. The van der Waals surface area contributed by atoms with Crippen molar-refractivity contribution in [3.05, 3.63) is 58.9 Å². The summed E-state index contributed by atoms with van der Waals surface area (Å²) in [6.45, 7) is 6.96. The summed E-state index contributed by atoms with van der Waals surface area (Å²) >= 11 is 0. The molecular weight excluding hydrogens is 564 g/mol. The molecule has 0 unspecified atom stereocenters. The van der Waals surface area contributed by atoms with E-state index in [1.54, 1.807) is 17.9 Å². The van der Waals surface area contributed by atoms with E-state index in [0.717, 1.165) is 49.2 Å². The highest BCUT2D eigenvalue weighted by Gasteiger charge is 2.29. The number of carbonyl (C=O) groups excluding carboxylic acids is 2. The van der Waals surface area contributed by atoms with E-state index in [1.807, 2.05) is 25.1 Å². The van der Waals surface area contributed by atoms with Gasteiger partial charge in [-0.05, 0) is 62.3 Å². The second kappa shape index (κ2) is 14.5. The second-order valence-electron chi connectivity index (χ2n) is 11.4. The lowest BCUT2D eigenvalue weighted by Crippen LogP contribution is -2.56. The molecule has 13 nitrogen and oxygen atoms in total. The normalized spacial score (nSPS) is 15.9. The molecule has 2 aromatic heterocycles. The molecule has 2 aliphatic heterocycles. The predicted octanol–water partition coefficient (Wildman–Crippen LogP) is 2.17. The average Bonchev–Trinajstić information content (AvgIpc) is 3.43. The number of likely N-dealkylation sites (tertiary alicyclic amines) is 1. The van der Waals surface area contributed by atoms with Gasteiger partial charge >= 0.3 is 0 Å². The third-order valence-corrected chi connectivity index (χ3v) is 8.12. The minimum Gasteiger partial charge on any atom is -0.486 e. The zero-order valence-electron chi connectivity index (χ0n) is 25.4. The van der Waals surface area contributed by atoms with Gasteiger partial charge in [0.1, 0.15) is 23.9 Å². The molecule has 0 saturated carbocycles. The number of piperidine rings is 1. The minimum absolute atomic E-state index is 0.0396. The van der Waals surface area contributed by atoms with E-state index < -0.39 is 6.10 Å². The van der Waals surface area contributed by atoms with E-state index in [2.05, 4.69) is 30.5 Å². The van der Waals surface area contributed by atoms with Gasteiger partial charge in [0, 0.05) is 52.3 Å². The maximum atomic E-state index is 13.2. The fourth-order valence-electron chi connectivity index (χ4n) is 5.36. The molecular formula is C31H42N8O5. The molecule has 2 amide bonds. The molecule has 0 radical (unpaired) electrons. The first-order valence-corrected chi connectivity index (χ1v) is 15.2. The number of oxazole rings is 1. The molecule has 44 heavy (non-hydrogen) atoms. The van der Waals surface area contributed by atoms with Gasteiger partial charge in [-0.25, -0.2) is 9.97 Å². The third-order valence-electron chi connectivity index (χ3n) is 8.12. The Bertz CT molecular complexity index is 1430. The van der Waals surface area contributed by atoms with Crippen molar-refractivity contribution in [3.8, 4) is 5.75 Å². The van der Waals surface area contributed by atoms with Gasteiger partial charge in [-0.3, -0.25) is 9.59 Å². The molecule has 3 aromatic rings. The lowest BCUT2D eigenvalue weighted by atomic mass is 10.0. The molecule has 2 fully saturated rings. The van der Waals surface area contributed by atoms with Crippen molar-refractivity contribution in [1.29, 1.82) is 0 Å². The van der Waals surface area contributed by atoms with Crippen LogP contribution >= 0.6 is 0 Å². The first-order valence-electron chi connectivity index (χ1n) is 15.2. The largest absolute Gasteiger partial charge is 0.486 e. The Morgan fingerprint density at radius 1 is 1.16 bits per heavy atom. The van der Waals surface area contributed by atoms with Gasteiger partial charge in [0.2, 0.25) is 11.9 Å². The van der Waals surface area contributed by atoms with Gasteiger partial charge in [-0.2, -0.15) is 4.98 Å². The number of aliphatic hydroxyl groups is 1. The highest BCUT2D eigenvalue weighted by atomic mass is 16.5. The predicted molar refractivity (Wildman–Crippen MR) is 164 cm³/mol. The molecule has 1 atom stereocenters. The van der Waals surface area contributed by atoms with Crippen LogP contribution in [0, 0.1) is 6.92 Å². The number of rotatable bonds is 13. The van der Waals surface area contributed by atoms with Crippen LogP contribution in [0.15, 0.2) is 35.1 Å². The van der Waals surface area contributed by atoms with Crippen LogP contribution in [0.4, 0.5) is 11.8 Å². The quantitative estimate of drug-likeness (QED) is 0.225. The number of anilines is 2. The summed E-state index contributed by atoms with van der Waals surface area (Å²) in [5.41, 5.74) is 8.97. The number of nitrogens with zero attached hydrogens (tertiary/aromatic N) is 5. The zero-order valence-corrected chi connectivity index (χ0v) is 25.4. The summed E-state index contributed by atoms with van der Waals surface area (Å²) in [5, 5.41) is 16.9. The van der Waals surface area contributed by atoms with Crippen LogP contribution in [0.3, 0.4) is 0 Å². The van der Waals surface area contributed by atoms with Crippen molar-refractivity contribution in [3.63, 3.8) is 0 Å². The average molecular weight is 607 g/mol. The summed E-state index contributed by atoms with van der Waals surface area (Å²) in [4.78, 5) is 41.9. The Hall–Kier alpha value is -4.23. The Kier molecular flexibility index (Phi) is 10.3. The van der Waals surface area contributed by atoms with Crippen molar-refractivity contribution in [2.45, 2.75) is 71.2 Å². The number of aliphatic hydroxyl groups excluding tert-OH is 1. The molecule has 0 spiro atoms. The van der Waals surface area contributed by atoms with Crippen LogP contribution in [0.5, 0.6) is 5.75 Å². The van der Waals surface area contributed by atoms with Gasteiger partial charge in [0.25, 0.3) is 5.91 Å². The lowest BCUT2D eigenvalue weighted by molar-refractivity contribution is -0.132. The molecule has 5 rings (SSSR count). The van der Waals surface area contributed by atoms with E-state index in [4.69, 9.17) is 14.9 Å². The number of hydrogen-bond acceptors (Lipinski definition) is 11. The maximum Gasteiger partial charge on any atom is 0.270 e. The molecule has 1 aromatic carbocycles.